The number of hydrogen-bond acceptors (Lipinski definition) is 4. The van der Waals surface area contributed by atoms with Gasteiger partial charge in [-0.1, -0.05) is 45.8 Å². The van der Waals surface area contributed by atoms with Crippen molar-refractivity contribution >= 4 is 28.3 Å². The Bertz CT molecular complexity index is 683. The van der Waals surface area contributed by atoms with Gasteiger partial charge >= 0.3 is 0 Å². The standard InChI is InChI=1S/C20H24BrNO3.ClH/c1-15-5-7-19(8-6-15)25-14-18(23)12-22-9-10-24-20(13-22)16-3-2-4-17(21)11-16;/h2-8,11,18,20,23H,9-10,12-14H2,1H3;1H. The Morgan fingerprint density at radius 1 is 1.27 bits per heavy atom. The van der Waals surface area contributed by atoms with Crippen LogP contribution in [0.4, 0.5) is 0 Å². The van der Waals surface area contributed by atoms with Gasteiger partial charge < -0.3 is 14.6 Å². The fourth-order valence-electron chi connectivity index (χ4n) is 2.95. The number of ether oxygens (including phenoxy) is 2. The van der Waals surface area contributed by atoms with Crippen LogP contribution < -0.4 is 4.74 Å². The molecule has 3 rings (SSSR count). The number of aliphatic hydroxyl groups is 1. The minimum absolute atomic E-state index is 0. The van der Waals surface area contributed by atoms with Gasteiger partial charge in [-0.3, -0.25) is 4.90 Å². The van der Waals surface area contributed by atoms with Crippen molar-refractivity contribution in [3.05, 3.63) is 64.1 Å². The summed E-state index contributed by atoms with van der Waals surface area (Å²) in [5.74, 6) is 0.790. The lowest BCUT2D eigenvalue weighted by Crippen LogP contribution is -2.43. The first-order chi connectivity index (χ1) is 12.1. The predicted molar refractivity (Wildman–Crippen MR) is 109 cm³/mol. The zero-order chi connectivity index (χ0) is 17.6. The van der Waals surface area contributed by atoms with Crippen molar-refractivity contribution in [2.24, 2.45) is 0 Å². The van der Waals surface area contributed by atoms with Crippen molar-refractivity contribution in [1.29, 1.82) is 0 Å². The topological polar surface area (TPSA) is 41.9 Å². The van der Waals surface area contributed by atoms with Crippen molar-refractivity contribution < 1.29 is 14.6 Å². The minimum Gasteiger partial charge on any atom is -0.491 e. The maximum absolute atomic E-state index is 10.3. The fourth-order valence-corrected chi connectivity index (χ4v) is 3.37. The largest absolute Gasteiger partial charge is 0.491 e. The molecular weight excluding hydrogens is 418 g/mol. The predicted octanol–water partition coefficient (Wildman–Crippen LogP) is 3.99. The molecule has 6 heteroatoms. The molecule has 0 aliphatic carbocycles. The van der Waals surface area contributed by atoms with E-state index in [4.69, 9.17) is 9.47 Å². The van der Waals surface area contributed by atoms with Gasteiger partial charge in [-0.15, -0.1) is 12.4 Å². The molecular formula is C20H25BrClNO3. The van der Waals surface area contributed by atoms with Gasteiger partial charge in [-0.2, -0.15) is 0 Å². The molecule has 2 aromatic carbocycles. The number of rotatable bonds is 6. The smallest absolute Gasteiger partial charge is 0.119 e. The number of aliphatic hydroxyl groups excluding tert-OH is 1. The van der Waals surface area contributed by atoms with Crippen LogP contribution in [0, 0.1) is 6.92 Å². The molecule has 1 saturated heterocycles. The average molecular weight is 443 g/mol. The molecule has 0 spiro atoms. The van der Waals surface area contributed by atoms with Crippen LogP contribution in [0.1, 0.15) is 17.2 Å². The number of β-amino-alcohol motifs (C(OH)–C–C–N with tert-alkyl or cyclic N) is 1. The van der Waals surface area contributed by atoms with Gasteiger partial charge in [-0.25, -0.2) is 0 Å². The van der Waals surface area contributed by atoms with Crippen LogP contribution in [0.25, 0.3) is 0 Å². The first-order valence-corrected chi connectivity index (χ1v) is 9.36. The number of nitrogens with zero attached hydrogens (tertiary/aromatic N) is 1. The van der Waals surface area contributed by atoms with Gasteiger partial charge in [-0.05, 0) is 36.8 Å². The van der Waals surface area contributed by atoms with E-state index in [0.717, 1.165) is 28.9 Å². The molecule has 2 unspecified atom stereocenters. The molecule has 1 aliphatic heterocycles. The minimum atomic E-state index is -0.525. The van der Waals surface area contributed by atoms with Crippen LogP contribution in [0.2, 0.25) is 0 Å². The highest BCUT2D eigenvalue weighted by Crippen LogP contribution is 2.24. The highest BCUT2D eigenvalue weighted by atomic mass is 79.9. The lowest BCUT2D eigenvalue weighted by molar-refractivity contribution is -0.0459. The number of morpholine rings is 1. The summed E-state index contributed by atoms with van der Waals surface area (Å²) >= 11 is 3.51. The lowest BCUT2D eigenvalue weighted by atomic mass is 10.1. The highest BCUT2D eigenvalue weighted by molar-refractivity contribution is 9.10. The summed E-state index contributed by atoms with van der Waals surface area (Å²) in [5, 5.41) is 10.3. The summed E-state index contributed by atoms with van der Waals surface area (Å²) in [4.78, 5) is 2.23. The zero-order valence-corrected chi connectivity index (χ0v) is 17.2. The van der Waals surface area contributed by atoms with E-state index in [1.54, 1.807) is 0 Å². The second-order valence-corrected chi connectivity index (χ2v) is 7.37. The zero-order valence-electron chi connectivity index (χ0n) is 14.8. The molecule has 2 aromatic rings. The van der Waals surface area contributed by atoms with E-state index in [2.05, 4.69) is 33.0 Å². The van der Waals surface area contributed by atoms with Gasteiger partial charge in [0.25, 0.3) is 0 Å². The van der Waals surface area contributed by atoms with E-state index in [0.29, 0.717) is 19.8 Å². The number of hydrogen-bond donors (Lipinski definition) is 1. The Kier molecular flexibility index (Phi) is 8.38. The molecule has 1 fully saturated rings. The van der Waals surface area contributed by atoms with Crippen molar-refractivity contribution in [2.75, 3.05) is 32.8 Å². The molecule has 142 valence electrons. The van der Waals surface area contributed by atoms with Gasteiger partial charge in [0, 0.05) is 24.1 Å². The van der Waals surface area contributed by atoms with Gasteiger partial charge in [0.15, 0.2) is 0 Å². The molecule has 2 atom stereocenters. The third kappa shape index (κ3) is 6.25. The van der Waals surface area contributed by atoms with Crippen LogP contribution in [0.5, 0.6) is 5.75 Å². The SMILES string of the molecule is Cc1ccc(OCC(O)CN2CCOC(c3cccc(Br)c3)C2)cc1.Cl. The third-order valence-corrected chi connectivity index (χ3v) is 4.80. The molecule has 0 amide bonds. The van der Waals surface area contributed by atoms with E-state index in [1.165, 1.54) is 5.56 Å². The summed E-state index contributed by atoms with van der Waals surface area (Å²) in [6.07, 6.45) is -0.487. The normalized spacial score (nSPS) is 18.8. The fraction of sp³-hybridized carbons (Fsp3) is 0.400. The molecule has 1 N–H and O–H groups in total. The maximum Gasteiger partial charge on any atom is 0.119 e. The Balaban J connectivity index is 0.00000243. The summed E-state index contributed by atoms with van der Waals surface area (Å²) in [5.41, 5.74) is 2.35. The Morgan fingerprint density at radius 3 is 2.77 bits per heavy atom. The molecule has 0 aromatic heterocycles. The van der Waals surface area contributed by atoms with E-state index in [1.807, 2.05) is 43.3 Å². The van der Waals surface area contributed by atoms with Crippen molar-refractivity contribution in [1.82, 2.24) is 4.90 Å². The second kappa shape index (κ2) is 10.3. The number of benzene rings is 2. The average Bonchev–Trinajstić information content (AvgIpc) is 2.61. The molecule has 0 radical (unpaired) electrons. The molecule has 0 bridgehead atoms. The van der Waals surface area contributed by atoms with Crippen LogP contribution in [-0.4, -0.2) is 49.0 Å². The highest BCUT2D eigenvalue weighted by Gasteiger charge is 2.23. The van der Waals surface area contributed by atoms with Crippen LogP contribution in [0.3, 0.4) is 0 Å². The van der Waals surface area contributed by atoms with E-state index in [-0.39, 0.29) is 18.5 Å². The quantitative estimate of drug-likeness (QED) is 0.734. The van der Waals surface area contributed by atoms with Crippen molar-refractivity contribution in [2.45, 2.75) is 19.1 Å². The van der Waals surface area contributed by atoms with Crippen LogP contribution in [-0.2, 0) is 4.74 Å². The summed E-state index contributed by atoms with van der Waals surface area (Å²) in [6.45, 7) is 5.19. The van der Waals surface area contributed by atoms with E-state index in [9.17, 15) is 5.11 Å². The van der Waals surface area contributed by atoms with Crippen LogP contribution in [0.15, 0.2) is 53.0 Å². The Labute approximate surface area is 169 Å². The van der Waals surface area contributed by atoms with Gasteiger partial charge in [0.1, 0.15) is 18.5 Å². The van der Waals surface area contributed by atoms with E-state index >= 15 is 0 Å². The summed E-state index contributed by atoms with van der Waals surface area (Å²) in [7, 11) is 0. The number of aryl methyl sites for hydroxylation is 1. The molecule has 0 saturated carbocycles. The van der Waals surface area contributed by atoms with Crippen molar-refractivity contribution in [3.8, 4) is 5.75 Å². The van der Waals surface area contributed by atoms with Gasteiger partial charge in [0.2, 0.25) is 0 Å². The third-order valence-electron chi connectivity index (χ3n) is 4.30. The summed E-state index contributed by atoms with van der Waals surface area (Å²) < 4.78 is 12.6. The molecule has 1 aliphatic rings. The lowest BCUT2D eigenvalue weighted by Gasteiger charge is -2.34. The van der Waals surface area contributed by atoms with Crippen molar-refractivity contribution in [3.63, 3.8) is 0 Å². The second-order valence-electron chi connectivity index (χ2n) is 6.45. The van der Waals surface area contributed by atoms with Gasteiger partial charge in [0.05, 0.1) is 12.7 Å². The first kappa shape index (κ1) is 21.2. The number of halogens is 2. The summed E-state index contributed by atoms with van der Waals surface area (Å²) in [6, 6.07) is 16.1. The van der Waals surface area contributed by atoms with Crippen LogP contribution >= 0.6 is 28.3 Å². The Hall–Kier alpha value is -1.11. The Morgan fingerprint density at radius 2 is 2.04 bits per heavy atom. The first-order valence-electron chi connectivity index (χ1n) is 8.57. The maximum atomic E-state index is 10.3. The molecule has 1 heterocycles. The van der Waals surface area contributed by atoms with E-state index < -0.39 is 6.10 Å². The molecule has 4 nitrogen and oxygen atoms in total. The monoisotopic (exact) mass is 441 g/mol. The molecule has 26 heavy (non-hydrogen) atoms.